The second kappa shape index (κ2) is 6.62. The zero-order valence-electron chi connectivity index (χ0n) is 12.3. The van der Waals surface area contributed by atoms with Crippen molar-refractivity contribution in [2.75, 3.05) is 12.4 Å². The van der Waals surface area contributed by atoms with Crippen LogP contribution in [0.5, 0.6) is 5.75 Å². The fourth-order valence-electron chi connectivity index (χ4n) is 2.10. The summed E-state index contributed by atoms with van der Waals surface area (Å²) < 4.78 is 18.3. The van der Waals surface area contributed by atoms with Crippen molar-refractivity contribution in [1.82, 2.24) is 9.97 Å². The van der Waals surface area contributed by atoms with Gasteiger partial charge in [-0.2, -0.15) is 0 Å². The maximum atomic E-state index is 13.0. The molecule has 0 unspecified atom stereocenters. The molecule has 116 valence electrons. The first-order valence-electron chi connectivity index (χ1n) is 6.86. The summed E-state index contributed by atoms with van der Waals surface area (Å²) in [7, 11) is 1.59. The van der Waals surface area contributed by atoms with Gasteiger partial charge in [0.15, 0.2) is 5.82 Å². The van der Waals surface area contributed by atoms with Crippen molar-refractivity contribution >= 4 is 23.1 Å². The average Bonchev–Trinajstić information content (AvgIpc) is 2.55. The first kappa shape index (κ1) is 15.2. The van der Waals surface area contributed by atoms with Crippen LogP contribution >= 0.6 is 11.6 Å². The van der Waals surface area contributed by atoms with Crippen LogP contribution in [0, 0.1) is 5.82 Å². The van der Waals surface area contributed by atoms with Gasteiger partial charge in [-0.1, -0.05) is 23.7 Å². The molecule has 0 aliphatic heterocycles. The maximum Gasteiger partial charge on any atom is 0.163 e. The van der Waals surface area contributed by atoms with Gasteiger partial charge in [0.1, 0.15) is 22.5 Å². The lowest BCUT2D eigenvalue weighted by Gasteiger charge is -2.11. The molecule has 0 bridgehead atoms. The highest BCUT2D eigenvalue weighted by Gasteiger charge is 2.08. The van der Waals surface area contributed by atoms with Crippen LogP contribution < -0.4 is 10.1 Å². The van der Waals surface area contributed by atoms with E-state index in [2.05, 4.69) is 15.3 Å². The third-order valence-corrected chi connectivity index (χ3v) is 3.36. The van der Waals surface area contributed by atoms with Crippen LogP contribution in [-0.2, 0) is 0 Å². The minimum Gasteiger partial charge on any atom is -0.495 e. The molecule has 23 heavy (non-hydrogen) atoms. The summed E-state index contributed by atoms with van der Waals surface area (Å²) in [6.07, 6.45) is 0. The fraction of sp³-hybridized carbons (Fsp3) is 0.0588. The Labute approximate surface area is 137 Å². The predicted octanol–water partition coefficient (Wildman–Crippen LogP) is 4.69. The highest BCUT2D eigenvalue weighted by molar-refractivity contribution is 6.29. The number of nitrogens with one attached hydrogen (secondary N) is 1. The van der Waals surface area contributed by atoms with E-state index < -0.39 is 0 Å². The molecule has 0 radical (unpaired) electrons. The van der Waals surface area contributed by atoms with Crippen molar-refractivity contribution in [3.63, 3.8) is 0 Å². The Hall–Kier alpha value is -2.66. The first-order valence-corrected chi connectivity index (χ1v) is 7.24. The second-order valence-corrected chi connectivity index (χ2v) is 5.12. The lowest BCUT2D eigenvalue weighted by molar-refractivity contribution is 0.417. The van der Waals surface area contributed by atoms with E-state index in [9.17, 15) is 4.39 Å². The molecule has 0 saturated carbocycles. The standard InChI is InChI=1S/C17H13ClFN3O/c1-23-14-5-3-2-4-13(14)20-16-10-15(18)21-17(22-16)11-6-8-12(19)9-7-11/h2-10H,1H3,(H,20,21,22). The minimum absolute atomic E-state index is 0.289. The van der Waals surface area contributed by atoms with Crippen LogP contribution in [0.2, 0.25) is 5.15 Å². The van der Waals surface area contributed by atoms with Gasteiger partial charge in [0.25, 0.3) is 0 Å². The van der Waals surface area contributed by atoms with Crippen LogP contribution in [0.15, 0.2) is 54.6 Å². The van der Waals surface area contributed by atoms with Gasteiger partial charge in [-0.25, -0.2) is 14.4 Å². The van der Waals surface area contributed by atoms with Crippen LogP contribution in [0.1, 0.15) is 0 Å². The number of aromatic nitrogens is 2. The number of methoxy groups -OCH3 is 1. The number of anilines is 2. The number of halogens is 2. The summed E-state index contributed by atoms with van der Waals surface area (Å²) in [6, 6.07) is 15.0. The van der Waals surface area contributed by atoms with Crippen molar-refractivity contribution in [1.29, 1.82) is 0 Å². The van der Waals surface area contributed by atoms with Crippen molar-refractivity contribution < 1.29 is 9.13 Å². The second-order valence-electron chi connectivity index (χ2n) is 4.73. The topological polar surface area (TPSA) is 47.0 Å². The monoisotopic (exact) mass is 329 g/mol. The molecule has 0 fully saturated rings. The predicted molar refractivity (Wildman–Crippen MR) is 88.7 cm³/mol. The first-order chi connectivity index (χ1) is 11.2. The van der Waals surface area contributed by atoms with Gasteiger partial charge in [0.2, 0.25) is 0 Å². The lowest BCUT2D eigenvalue weighted by Crippen LogP contribution is -1.99. The largest absolute Gasteiger partial charge is 0.495 e. The van der Waals surface area contributed by atoms with Gasteiger partial charge in [-0.15, -0.1) is 0 Å². The molecule has 2 aromatic carbocycles. The molecule has 1 N–H and O–H groups in total. The molecule has 4 nitrogen and oxygen atoms in total. The van der Waals surface area contributed by atoms with Gasteiger partial charge in [-0.05, 0) is 36.4 Å². The van der Waals surface area contributed by atoms with E-state index in [1.54, 1.807) is 25.3 Å². The highest BCUT2D eigenvalue weighted by atomic mass is 35.5. The highest BCUT2D eigenvalue weighted by Crippen LogP contribution is 2.28. The third kappa shape index (κ3) is 3.57. The Morgan fingerprint density at radius 2 is 1.78 bits per heavy atom. The quantitative estimate of drug-likeness (QED) is 0.705. The molecule has 3 aromatic rings. The third-order valence-electron chi connectivity index (χ3n) is 3.17. The Morgan fingerprint density at radius 1 is 1.04 bits per heavy atom. The molecule has 0 amide bonds. The van der Waals surface area contributed by atoms with Crippen LogP contribution in [0.3, 0.4) is 0 Å². The summed E-state index contributed by atoms with van der Waals surface area (Å²) in [5, 5.41) is 3.44. The number of hydrogen-bond donors (Lipinski definition) is 1. The van der Waals surface area contributed by atoms with Crippen molar-refractivity contribution in [2.24, 2.45) is 0 Å². The van der Waals surface area contributed by atoms with Gasteiger partial charge in [0, 0.05) is 11.6 Å². The Kier molecular flexibility index (Phi) is 4.39. The molecule has 0 atom stereocenters. The summed E-state index contributed by atoms with van der Waals surface area (Å²) in [5.74, 6) is 1.30. The van der Waals surface area contributed by atoms with E-state index in [0.29, 0.717) is 23.0 Å². The van der Waals surface area contributed by atoms with Gasteiger partial charge >= 0.3 is 0 Å². The van der Waals surface area contributed by atoms with E-state index in [4.69, 9.17) is 16.3 Å². The summed E-state index contributed by atoms with van der Waals surface area (Å²) >= 11 is 6.07. The zero-order chi connectivity index (χ0) is 16.2. The van der Waals surface area contributed by atoms with Crippen molar-refractivity contribution in [3.05, 3.63) is 65.6 Å². The lowest BCUT2D eigenvalue weighted by atomic mass is 10.2. The number of ether oxygens (including phenoxy) is 1. The van der Waals surface area contributed by atoms with Crippen molar-refractivity contribution in [3.8, 4) is 17.1 Å². The number of hydrogen-bond acceptors (Lipinski definition) is 4. The maximum absolute atomic E-state index is 13.0. The molecule has 3 rings (SSSR count). The number of rotatable bonds is 4. The van der Waals surface area contributed by atoms with Crippen LogP contribution in [-0.4, -0.2) is 17.1 Å². The summed E-state index contributed by atoms with van der Waals surface area (Å²) in [4.78, 5) is 8.60. The van der Waals surface area contributed by atoms with Crippen molar-refractivity contribution in [2.45, 2.75) is 0 Å². The van der Waals surface area contributed by atoms with E-state index in [0.717, 1.165) is 5.69 Å². The SMILES string of the molecule is COc1ccccc1Nc1cc(Cl)nc(-c2ccc(F)cc2)n1. The van der Waals surface area contributed by atoms with E-state index in [1.807, 2.05) is 24.3 Å². The zero-order valence-corrected chi connectivity index (χ0v) is 13.0. The Morgan fingerprint density at radius 3 is 2.52 bits per heavy atom. The smallest absolute Gasteiger partial charge is 0.163 e. The minimum atomic E-state index is -0.317. The molecule has 0 saturated heterocycles. The van der Waals surface area contributed by atoms with Crippen LogP contribution in [0.25, 0.3) is 11.4 Å². The van der Waals surface area contributed by atoms with Gasteiger partial charge < -0.3 is 10.1 Å². The fourth-order valence-corrected chi connectivity index (χ4v) is 2.28. The molecule has 0 spiro atoms. The van der Waals surface area contributed by atoms with Gasteiger partial charge in [0.05, 0.1) is 12.8 Å². The summed E-state index contributed by atoms with van der Waals surface area (Å²) in [5.41, 5.74) is 1.44. The molecule has 1 aromatic heterocycles. The molecular weight excluding hydrogens is 317 g/mol. The number of benzene rings is 2. The normalized spacial score (nSPS) is 10.4. The molecule has 0 aliphatic rings. The Bertz CT molecular complexity index is 824. The molecule has 1 heterocycles. The Balaban J connectivity index is 1.96. The van der Waals surface area contributed by atoms with Crippen LogP contribution in [0.4, 0.5) is 15.9 Å². The molecule has 6 heteroatoms. The molecule has 0 aliphatic carbocycles. The number of para-hydroxylation sites is 2. The van der Waals surface area contributed by atoms with E-state index >= 15 is 0 Å². The van der Waals surface area contributed by atoms with E-state index in [-0.39, 0.29) is 11.0 Å². The summed E-state index contributed by atoms with van der Waals surface area (Å²) in [6.45, 7) is 0. The molecular formula is C17H13ClFN3O. The number of nitrogens with zero attached hydrogens (tertiary/aromatic N) is 2. The average molecular weight is 330 g/mol. The van der Waals surface area contributed by atoms with Gasteiger partial charge in [-0.3, -0.25) is 0 Å². The van der Waals surface area contributed by atoms with E-state index in [1.165, 1.54) is 12.1 Å².